The molecule has 0 spiro atoms. The second-order valence-electron chi connectivity index (χ2n) is 9.84. The molecule has 7 rings (SSSR count). The van der Waals surface area contributed by atoms with E-state index in [9.17, 15) is 13.2 Å². The lowest BCUT2D eigenvalue weighted by Gasteiger charge is -2.39. The number of ether oxygens (including phenoxy) is 1. The Morgan fingerprint density at radius 2 is 1.53 bits per heavy atom. The lowest BCUT2D eigenvalue weighted by molar-refractivity contribution is -0.0698. The first-order valence-corrected chi connectivity index (χ1v) is 12.0. The Kier molecular flexibility index (Phi) is 3.87. The van der Waals surface area contributed by atoms with E-state index in [0.717, 1.165) is 111 Å². The molecular weight excluding hydrogens is 413 g/mol. The van der Waals surface area contributed by atoms with Crippen molar-refractivity contribution in [1.82, 2.24) is 4.58 Å². The van der Waals surface area contributed by atoms with Crippen LogP contribution in [0.25, 0.3) is 5.57 Å². The molecule has 0 unspecified atom stereocenters. The first-order valence-electron chi connectivity index (χ1n) is 12.0. The summed E-state index contributed by atoms with van der Waals surface area (Å²) in [5.41, 5.74) is 5.03. The molecule has 0 saturated carbocycles. The lowest BCUT2D eigenvalue weighted by Crippen LogP contribution is -2.45. The Bertz CT molecular complexity index is 1300. The molecule has 5 aliphatic rings. The second-order valence-corrected chi connectivity index (χ2v) is 9.84. The highest BCUT2D eigenvalue weighted by Crippen LogP contribution is 2.50. The highest BCUT2D eigenvalue weighted by molar-refractivity contribution is 5.84. The summed E-state index contributed by atoms with van der Waals surface area (Å²) in [6, 6.07) is 3.60. The molecule has 32 heavy (non-hydrogen) atoms. The molecule has 5 aliphatic heterocycles. The SMILES string of the molecule is FC(F)(F)C1=c2cc3c4c(c2Oc2c1cc1c5c2CCCN5CCC1)CCC[N+]=4CCC3. The molecule has 0 saturated heterocycles. The molecule has 0 fully saturated rings. The number of anilines is 1. The van der Waals surface area contributed by atoms with Crippen molar-refractivity contribution in [2.45, 2.75) is 57.5 Å². The van der Waals surface area contributed by atoms with Crippen LogP contribution < -0.4 is 24.8 Å². The van der Waals surface area contributed by atoms with Gasteiger partial charge in [-0.25, -0.2) is 4.58 Å². The molecule has 0 amide bonds. The minimum atomic E-state index is -4.43. The predicted molar refractivity (Wildman–Crippen MR) is 117 cm³/mol. The number of aryl methyl sites for hydroxylation is 2. The third-order valence-electron chi connectivity index (χ3n) is 7.97. The molecule has 0 radical (unpaired) electrons. The second kappa shape index (κ2) is 6.52. The largest absolute Gasteiger partial charge is 0.455 e. The van der Waals surface area contributed by atoms with Crippen LogP contribution in [0.3, 0.4) is 0 Å². The number of halogens is 3. The van der Waals surface area contributed by atoms with E-state index < -0.39 is 11.7 Å². The van der Waals surface area contributed by atoms with E-state index in [0.29, 0.717) is 11.5 Å². The van der Waals surface area contributed by atoms with Crippen molar-refractivity contribution in [3.05, 3.63) is 50.5 Å². The maximum atomic E-state index is 14.7. The maximum absolute atomic E-state index is 14.7. The molecular formula is C26H26F3N2O+. The van der Waals surface area contributed by atoms with Crippen LogP contribution in [0.2, 0.25) is 0 Å². The molecule has 0 bridgehead atoms. The molecule has 166 valence electrons. The summed E-state index contributed by atoms with van der Waals surface area (Å²) in [7, 11) is 0. The third-order valence-corrected chi connectivity index (χ3v) is 7.97. The summed E-state index contributed by atoms with van der Waals surface area (Å²) in [5, 5.41) is 1.41. The smallest absolute Gasteiger partial charge is 0.417 e. The van der Waals surface area contributed by atoms with Crippen molar-refractivity contribution < 1.29 is 17.9 Å². The zero-order valence-electron chi connectivity index (χ0n) is 18.1. The van der Waals surface area contributed by atoms with Crippen molar-refractivity contribution in [2.24, 2.45) is 0 Å². The Morgan fingerprint density at radius 3 is 2.34 bits per heavy atom. The van der Waals surface area contributed by atoms with Crippen LogP contribution >= 0.6 is 0 Å². The van der Waals surface area contributed by atoms with E-state index in [1.54, 1.807) is 12.1 Å². The molecule has 0 aliphatic carbocycles. The fourth-order valence-electron chi connectivity index (χ4n) is 6.82. The molecule has 5 heterocycles. The number of rotatable bonds is 0. The molecule has 0 N–H and O–H groups in total. The van der Waals surface area contributed by atoms with Crippen molar-refractivity contribution >= 4 is 11.3 Å². The minimum absolute atomic E-state index is 0.262. The molecule has 3 nitrogen and oxygen atoms in total. The standard InChI is InChI=1S/C26H26F3N2O/c27-26(28,29)21-19-13-15-5-1-9-30-11-3-7-17(22(15)30)24(19)32-25-18-8-4-12-31-10-2-6-16(23(18)31)14-20(21)25/h13-14H,1-12H2/q+1. The van der Waals surface area contributed by atoms with Crippen molar-refractivity contribution in [3.8, 4) is 11.5 Å². The molecule has 2 aromatic rings. The van der Waals surface area contributed by atoms with Crippen molar-refractivity contribution in [3.63, 3.8) is 0 Å². The summed E-state index contributed by atoms with van der Waals surface area (Å²) in [6.45, 7) is 3.94. The van der Waals surface area contributed by atoms with Gasteiger partial charge >= 0.3 is 6.18 Å². The number of benzene rings is 2. The van der Waals surface area contributed by atoms with Crippen LogP contribution in [0.15, 0.2) is 12.1 Å². The zero-order valence-corrected chi connectivity index (χ0v) is 18.1. The van der Waals surface area contributed by atoms with Gasteiger partial charge < -0.3 is 9.64 Å². The summed E-state index contributed by atoms with van der Waals surface area (Å²) in [6.07, 6.45) is 2.75. The number of alkyl halides is 3. The van der Waals surface area contributed by atoms with Crippen LogP contribution in [0.1, 0.15) is 53.5 Å². The van der Waals surface area contributed by atoms with E-state index in [2.05, 4.69) is 9.48 Å². The van der Waals surface area contributed by atoms with Crippen LogP contribution in [0, 0.1) is 0 Å². The number of fused-ring (bicyclic) bond motifs is 4. The van der Waals surface area contributed by atoms with E-state index in [1.807, 2.05) is 0 Å². The van der Waals surface area contributed by atoms with Crippen LogP contribution in [-0.2, 0) is 25.7 Å². The average Bonchev–Trinajstić information content (AvgIpc) is 2.78. The predicted octanol–water partition coefficient (Wildman–Crippen LogP) is 3.64. The van der Waals surface area contributed by atoms with Crippen LogP contribution in [0.4, 0.5) is 18.9 Å². The molecule has 6 heteroatoms. The fraction of sp³-hybridized carbons (Fsp3) is 0.500. The van der Waals surface area contributed by atoms with E-state index in [-0.39, 0.29) is 10.8 Å². The summed E-state index contributed by atoms with van der Waals surface area (Å²) < 4.78 is 53.0. The lowest BCUT2D eigenvalue weighted by atomic mass is 9.84. The highest BCUT2D eigenvalue weighted by Gasteiger charge is 2.43. The maximum Gasteiger partial charge on any atom is 0.417 e. The van der Waals surface area contributed by atoms with Gasteiger partial charge in [0.05, 0.1) is 11.1 Å². The van der Waals surface area contributed by atoms with Gasteiger partial charge in [0.25, 0.3) is 0 Å². The van der Waals surface area contributed by atoms with Gasteiger partial charge in [-0.05, 0) is 56.2 Å². The summed E-state index contributed by atoms with van der Waals surface area (Å²) >= 11 is 0. The van der Waals surface area contributed by atoms with Crippen molar-refractivity contribution in [1.29, 1.82) is 0 Å². The molecule has 0 atom stereocenters. The first-order chi connectivity index (χ1) is 15.5. The Balaban J connectivity index is 1.62. The highest BCUT2D eigenvalue weighted by atomic mass is 19.4. The van der Waals surface area contributed by atoms with E-state index >= 15 is 0 Å². The van der Waals surface area contributed by atoms with E-state index in [1.165, 1.54) is 0 Å². The Morgan fingerprint density at radius 1 is 0.812 bits per heavy atom. The minimum Gasteiger partial charge on any atom is -0.455 e. The van der Waals surface area contributed by atoms with Gasteiger partial charge in [-0.15, -0.1) is 0 Å². The van der Waals surface area contributed by atoms with E-state index in [4.69, 9.17) is 4.74 Å². The third kappa shape index (κ3) is 2.52. The average molecular weight is 440 g/mol. The zero-order chi connectivity index (χ0) is 21.6. The first kappa shape index (κ1) is 19.0. The topological polar surface area (TPSA) is 15.5 Å². The number of nitrogens with zero attached hydrogens (tertiary/aromatic N) is 2. The molecule has 2 aromatic carbocycles. The Hall–Kier alpha value is -2.50. The van der Waals surface area contributed by atoms with Gasteiger partial charge in [0.15, 0.2) is 0 Å². The van der Waals surface area contributed by atoms with Crippen LogP contribution in [0.5, 0.6) is 11.5 Å². The quantitative estimate of drug-likeness (QED) is 0.583. The molecule has 0 aromatic heterocycles. The monoisotopic (exact) mass is 439 g/mol. The van der Waals surface area contributed by atoms with Gasteiger partial charge in [-0.1, -0.05) is 0 Å². The van der Waals surface area contributed by atoms with Gasteiger partial charge in [0.2, 0.25) is 5.36 Å². The van der Waals surface area contributed by atoms with Gasteiger partial charge in [0, 0.05) is 53.5 Å². The van der Waals surface area contributed by atoms with Crippen molar-refractivity contribution in [2.75, 3.05) is 31.1 Å². The number of hydrogen-bond donors (Lipinski definition) is 0. The number of hydrogen-bond acceptors (Lipinski definition) is 2. The van der Waals surface area contributed by atoms with Gasteiger partial charge in [0.1, 0.15) is 24.6 Å². The summed E-state index contributed by atoms with van der Waals surface area (Å²) in [4.78, 5) is 2.36. The summed E-state index contributed by atoms with van der Waals surface area (Å²) in [5.74, 6) is 0.943. The normalized spacial score (nSPS) is 20.8. The van der Waals surface area contributed by atoms with Gasteiger partial charge in [-0.2, -0.15) is 13.2 Å². The van der Waals surface area contributed by atoms with Crippen LogP contribution in [-0.4, -0.2) is 32.4 Å². The Labute approximate surface area is 184 Å². The fourth-order valence-corrected chi connectivity index (χ4v) is 6.82. The van der Waals surface area contributed by atoms with Gasteiger partial charge in [-0.3, -0.25) is 0 Å².